The molecule has 0 saturated carbocycles. The van der Waals surface area contributed by atoms with E-state index in [2.05, 4.69) is 161 Å². The monoisotopic (exact) mass is 550 g/mol. The van der Waals surface area contributed by atoms with E-state index in [1.165, 1.54) is 88.3 Å². The van der Waals surface area contributed by atoms with Crippen LogP contribution in [0.2, 0.25) is 0 Å². The van der Waals surface area contributed by atoms with Crippen LogP contribution in [0.25, 0.3) is 66.1 Å². The zero-order valence-electron chi connectivity index (χ0n) is 25.2. The SMILES string of the molecule is Cc1cc(C)cc(-c2c3ccccc3c(-c3ccc4c(c3)C(C)(C)c3ccccc3-4)c3cc(-c4ccccc4)ccc23)c1. The standard InChI is InChI=1S/C43H34/c1-27-22-28(2)24-32(23-27)42-36-16-9-8-15-35(36)41(38-25-30(18-21-37(38)42)29-12-6-5-7-13-29)31-19-20-34-33-14-10-11-17-39(33)43(3,4)40(34)26-31/h5-26H,1-4H3. The molecule has 0 bridgehead atoms. The minimum Gasteiger partial charge on any atom is -0.0622 e. The highest BCUT2D eigenvalue weighted by molar-refractivity contribution is 6.22. The molecule has 0 aliphatic heterocycles. The van der Waals surface area contributed by atoms with Gasteiger partial charge in [0, 0.05) is 5.41 Å². The molecule has 0 radical (unpaired) electrons. The van der Waals surface area contributed by atoms with Crippen LogP contribution >= 0.6 is 0 Å². The lowest BCUT2D eigenvalue weighted by molar-refractivity contribution is 0.660. The van der Waals surface area contributed by atoms with E-state index >= 15 is 0 Å². The average molecular weight is 551 g/mol. The van der Waals surface area contributed by atoms with E-state index in [-0.39, 0.29) is 5.41 Å². The molecule has 43 heavy (non-hydrogen) atoms. The van der Waals surface area contributed by atoms with Crippen molar-refractivity contribution in [3.63, 3.8) is 0 Å². The van der Waals surface area contributed by atoms with Gasteiger partial charge in [-0.1, -0.05) is 146 Å². The molecule has 1 aliphatic rings. The maximum Gasteiger partial charge on any atom is 0.0159 e. The van der Waals surface area contributed by atoms with Gasteiger partial charge < -0.3 is 0 Å². The fraction of sp³-hybridized carbons (Fsp3) is 0.116. The number of benzene rings is 7. The van der Waals surface area contributed by atoms with Crippen LogP contribution in [-0.2, 0) is 5.41 Å². The molecule has 206 valence electrons. The maximum absolute atomic E-state index is 2.47. The highest BCUT2D eigenvalue weighted by atomic mass is 14.4. The molecule has 0 unspecified atom stereocenters. The van der Waals surface area contributed by atoms with Crippen molar-refractivity contribution < 1.29 is 0 Å². The first kappa shape index (κ1) is 25.7. The van der Waals surface area contributed by atoms with Gasteiger partial charge in [-0.05, 0) is 103 Å². The highest BCUT2D eigenvalue weighted by Gasteiger charge is 2.35. The number of hydrogen-bond donors (Lipinski definition) is 0. The number of aryl methyl sites for hydroxylation is 2. The lowest BCUT2D eigenvalue weighted by atomic mass is 9.80. The molecule has 0 heteroatoms. The van der Waals surface area contributed by atoms with E-state index < -0.39 is 0 Å². The topological polar surface area (TPSA) is 0 Å². The fourth-order valence-electron chi connectivity index (χ4n) is 7.59. The van der Waals surface area contributed by atoms with Crippen molar-refractivity contribution in [2.24, 2.45) is 0 Å². The van der Waals surface area contributed by atoms with Gasteiger partial charge in [0.2, 0.25) is 0 Å². The molecule has 0 N–H and O–H groups in total. The Morgan fingerprint density at radius 2 is 0.953 bits per heavy atom. The molecule has 8 rings (SSSR count). The van der Waals surface area contributed by atoms with Crippen LogP contribution in [0.15, 0.2) is 133 Å². The van der Waals surface area contributed by atoms with Crippen molar-refractivity contribution in [1.29, 1.82) is 0 Å². The van der Waals surface area contributed by atoms with Gasteiger partial charge in [-0.15, -0.1) is 0 Å². The van der Waals surface area contributed by atoms with E-state index in [9.17, 15) is 0 Å². The molecule has 0 heterocycles. The molecular formula is C43H34. The fourth-order valence-corrected chi connectivity index (χ4v) is 7.59. The van der Waals surface area contributed by atoms with Gasteiger partial charge in [0.25, 0.3) is 0 Å². The summed E-state index contributed by atoms with van der Waals surface area (Å²) < 4.78 is 0. The van der Waals surface area contributed by atoms with Crippen molar-refractivity contribution in [2.45, 2.75) is 33.1 Å². The van der Waals surface area contributed by atoms with Crippen molar-refractivity contribution in [3.8, 4) is 44.5 Å². The van der Waals surface area contributed by atoms with Crippen LogP contribution in [-0.4, -0.2) is 0 Å². The van der Waals surface area contributed by atoms with Crippen molar-refractivity contribution >= 4 is 21.5 Å². The van der Waals surface area contributed by atoms with E-state index in [1.807, 2.05) is 0 Å². The molecule has 7 aromatic carbocycles. The molecular weight excluding hydrogens is 516 g/mol. The molecule has 0 fully saturated rings. The van der Waals surface area contributed by atoms with E-state index in [0.29, 0.717) is 0 Å². The first-order valence-electron chi connectivity index (χ1n) is 15.3. The Morgan fingerprint density at radius 1 is 0.372 bits per heavy atom. The minimum absolute atomic E-state index is 0.0538. The minimum atomic E-state index is -0.0538. The Hall–Kier alpha value is -4.94. The van der Waals surface area contributed by atoms with Crippen molar-refractivity contribution in [2.75, 3.05) is 0 Å². The summed E-state index contributed by atoms with van der Waals surface area (Å²) in [5.74, 6) is 0. The van der Waals surface area contributed by atoms with Crippen LogP contribution in [0.5, 0.6) is 0 Å². The highest BCUT2D eigenvalue weighted by Crippen LogP contribution is 2.51. The van der Waals surface area contributed by atoms with Gasteiger partial charge in [-0.25, -0.2) is 0 Å². The summed E-state index contributed by atoms with van der Waals surface area (Å²) in [5.41, 5.74) is 15.7. The summed E-state index contributed by atoms with van der Waals surface area (Å²) in [6.45, 7) is 9.14. The summed E-state index contributed by atoms with van der Waals surface area (Å²) in [7, 11) is 0. The predicted octanol–water partition coefficient (Wildman–Crippen LogP) is 11.9. The molecule has 0 saturated heterocycles. The Labute approximate surface area is 254 Å². The molecule has 0 nitrogen and oxygen atoms in total. The summed E-state index contributed by atoms with van der Waals surface area (Å²) >= 11 is 0. The molecule has 1 aliphatic carbocycles. The number of hydrogen-bond acceptors (Lipinski definition) is 0. The zero-order chi connectivity index (χ0) is 29.3. The summed E-state index contributed by atoms with van der Waals surface area (Å²) in [6.07, 6.45) is 0. The van der Waals surface area contributed by atoms with Gasteiger partial charge in [0.1, 0.15) is 0 Å². The first-order valence-corrected chi connectivity index (χ1v) is 15.3. The van der Waals surface area contributed by atoms with Gasteiger partial charge in [-0.2, -0.15) is 0 Å². The quantitative estimate of drug-likeness (QED) is 0.192. The summed E-state index contributed by atoms with van der Waals surface area (Å²) in [6, 6.07) is 49.9. The third-order valence-electron chi connectivity index (χ3n) is 9.51. The van der Waals surface area contributed by atoms with Crippen LogP contribution in [0.4, 0.5) is 0 Å². The Bertz CT molecular complexity index is 2190. The molecule has 0 amide bonds. The van der Waals surface area contributed by atoms with Gasteiger partial charge in [0.05, 0.1) is 0 Å². The first-order chi connectivity index (χ1) is 20.9. The summed E-state index contributed by atoms with van der Waals surface area (Å²) in [5, 5.41) is 5.18. The molecule has 0 atom stereocenters. The Balaban J connectivity index is 1.49. The van der Waals surface area contributed by atoms with Crippen molar-refractivity contribution in [3.05, 3.63) is 156 Å². The lowest BCUT2D eigenvalue weighted by Gasteiger charge is -2.23. The van der Waals surface area contributed by atoms with E-state index in [1.54, 1.807) is 0 Å². The van der Waals surface area contributed by atoms with E-state index in [0.717, 1.165) is 0 Å². The summed E-state index contributed by atoms with van der Waals surface area (Å²) in [4.78, 5) is 0. The number of fused-ring (bicyclic) bond motifs is 5. The normalized spacial score (nSPS) is 13.3. The maximum atomic E-state index is 2.47. The molecule has 7 aromatic rings. The smallest absolute Gasteiger partial charge is 0.0159 e. The van der Waals surface area contributed by atoms with Gasteiger partial charge >= 0.3 is 0 Å². The largest absolute Gasteiger partial charge is 0.0622 e. The number of rotatable bonds is 3. The van der Waals surface area contributed by atoms with Crippen molar-refractivity contribution in [1.82, 2.24) is 0 Å². The predicted molar refractivity (Wildman–Crippen MR) is 185 cm³/mol. The zero-order valence-corrected chi connectivity index (χ0v) is 25.2. The lowest BCUT2D eigenvalue weighted by Crippen LogP contribution is -2.14. The van der Waals surface area contributed by atoms with E-state index in [4.69, 9.17) is 0 Å². The average Bonchev–Trinajstić information content (AvgIpc) is 3.25. The third-order valence-corrected chi connectivity index (χ3v) is 9.51. The van der Waals surface area contributed by atoms with Crippen LogP contribution < -0.4 is 0 Å². The van der Waals surface area contributed by atoms with Gasteiger partial charge in [-0.3, -0.25) is 0 Å². The second kappa shape index (κ2) is 9.54. The second-order valence-electron chi connectivity index (χ2n) is 12.7. The Morgan fingerprint density at radius 3 is 1.70 bits per heavy atom. The van der Waals surface area contributed by atoms with Crippen LogP contribution in [0, 0.1) is 13.8 Å². The van der Waals surface area contributed by atoms with Crippen LogP contribution in [0.3, 0.4) is 0 Å². The third kappa shape index (κ3) is 3.97. The Kier molecular flexibility index (Phi) is 5.71. The molecule has 0 spiro atoms. The molecule has 0 aromatic heterocycles. The second-order valence-corrected chi connectivity index (χ2v) is 12.7. The van der Waals surface area contributed by atoms with Gasteiger partial charge in [0.15, 0.2) is 0 Å². The van der Waals surface area contributed by atoms with Crippen LogP contribution in [0.1, 0.15) is 36.1 Å².